The maximum absolute atomic E-state index is 14.7. The third-order valence-corrected chi connectivity index (χ3v) is 6.50. The van der Waals surface area contributed by atoms with Gasteiger partial charge in [0, 0.05) is 42.5 Å². The zero-order valence-electron chi connectivity index (χ0n) is 19.5. The third-order valence-electron chi connectivity index (χ3n) is 6.50. The number of rotatable bonds is 6. The molecule has 4 rings (SSSR count). The van der Waals surface area contributed by atoms with Crippen LogP contribution in [0.4, 0.5) is 26.6 Å². The molecule has 0 saturated heterocycles. The van der Waals surface area contributed by atoms with E-state index in [4.69, 9.17) is 4.74 Å². The van der Waals surface area contributed by atoms with Crippen LogP contribution in [-0.4, -0.2) is 65.8 Å². The van der Waals surface area contributed by atoms with Gasteiger partial charge in [0.25, 0.3) is 0 Å². The minimum absolute atomic E-state index is 0.0548. The second-order valence-corrected chi connectivity index (χ2v) is 8.75. The first-order chi connectivity index (χ1) is 15.8. The van der Waals surface area contributed by atoms with Crippen molar-refractivity contribution in [1.29, 1.82) is 0 Å². The van der Waals surface area contributed by atoms with Gasteiger partial charge in [-0.15, -0.1) is 0 Å². The number of phenolic OH excluding ortho intramolecular Hbond substituents is 1. The quantitative estimate of drug-likeness (QED) is 0.683. The monoisotopic (exact) mass is 458 g/mol. The first kappa shape index (κ1) is 23.0. The van der Waals surface area contributed by atoms with E-state index in [-0.39, 0.29) is 18.0 Å². The van der Waals surface area contributed by atoms with E-state index >= 15 is 0 Å². The Balaban J connectivity index is 1.57. The highest BCUT2D eigenvalue weighted by molar-refractivity contribution is 6.05. The number of hydrogen-bond acceptors (Lipinski definition) is 7. The van der Waals surface area contributed by atoms with Crippen molar-refractivity contribution < 1.29 is 19.0 Å². The highest BCUT2D eigenvalue weighted by Crippen LogP contribution is 2.37. The Bertz CT molecular complexity index is 1030. The van der Waals surface area contributed by atoms with E-state index in [1.807, 2.05) is 6.92 Å². The Morgan fingerprint density at radius 3 is 2.64 bits per heavy atom. The van der Waals surface area contributed by atoms with E-state index < -0.39 is 17.6 Å². The van der Waals surface area contributed by atoms with Crippen molar-refractivity contribution in [3.05, 3.63) is 29.7 Å². The van der Waals surface area contributed by atoms with Crippen LogP contribution in [0, 0.1) is 5.82 Å². The summed E-state index contributed by atoms with van der Waals surface area (Å²) in [6, 6.07) is 3.04. The number of urea groups is 1. The summed E-state index contributed by atoms with van der Waals surface area (Å²) in [4.78, 5) is 27.4. The number of aromatic nitrogens is 2. The number of amides is 2. The van der Waals surface area contributed by atoms with E-state index in [0.717, 1.165) is 25.7 Å². The molecule has 0 spiro atoms. The molecule has 1 aliphatic carbocycles. The maximum atomic E-state index is 14.7. The van der Waals surface area contributed by atoms with Crippen LogP contribution in [0.1, 0.15) is 38.2 Å². The van der Waals surface area contributed by atoms with Crippen LogP contribution in [0.15, 0.2) is 18.3 Å². The van der Waals surface area contributed by atoms with E-state index in [9.17, 15) is 14.3 Å². The highest BCUT2D eigenvalue weighted by atomic mass is 19.1. The summed E-state index contributed by atoms with van der Waals surface area (Å²) in [5.74, 6) is -0.190. The minimum atomic E-state index is -0.879. The molecule has 178 valence electrons. The van der Waals surface area contributed by atoms with Gasteiger partial charge in [-0.3, -0.25) is 9.80 Å². The number of ether oxygens (including phenoxy) is 1. The summed E-state index contributed by atoms with van der Waals surface area (Å²) in [5, 5.41) is 13.4. The Labute approximate surface area is 193 Å². The summed E-state index contributed by atoms with van der Waals surface area (Å²) in [6.45, 7) is 2.27. The van der Waals surface area contributed by atoms with Crippen molar-refractivity contribution >= 4 is 23.5 Å². The summed E-state index contributed by atoms with van der Waals surface area (Å²) in [7, 11) is 5.64. The van der Waals surface area contributed by atoms with Crippen molar-refractivity contribution in [2.24, 2.45) is 0 Å². The predicted octanol–water partition coefficient (Wildman–Crippen LogP) is 3.58. The molecule has 0 atom stereocenters. The summed E-state index contributed by atoms with van der Waals surface area (Å²) in [6.07, 6.45) is 5.97. The Kier molecular flexibility index (Phi) is 6.55. The zero-order chi connectivity index (χ0) is 23.7. The molecule has 2 N–H and O–H groups in total. The molecular formula is C23H31FN6O3. The number of fused-ring (bicyclic) bond motifs is 1. The molecule has 1 aliphatic heterocycles. The number of anilines is 3. The van der Waals surface area contributed by atoms with Crippen molar-refractivity contribution in [2.75, 3.05) is 42.9 Å². The second-order valence-electron chi connectivity index (χ2n) is 8.75. The molecular weight excluding hydrogens is 427 g/mol. The molecule has 1 aromatic heterocycles. The van der Waals surface area contributed by atoms with Crippen LogP contribution in [0.5, 0.6) is 11.5 Å². The molecule has 2 aromatic rings. The summed E-state index contributed by atoms with van der Waals surface area (Å²) >= 11 is 0. The van der Waals surface area contributed by atoms with Gasteiger partial charge in [0.2, 0.25) is 5.95 Å². The smallest absolute Gasteiger partial charge is 0.330 e. The number of aromatic hydroxyl groups is 1. The predicted molar refractivity (Wildman–Crippen MR) is 125 cm³/mol. The van der Waals surface area contributed by atoms with Crippen molar-refractivity contribution in [3.8, 4) is 11.5 Å². The summed E-state index contributed by atoms with van der Waals surface area (Å²) in [5.41, 5.74) is 0.640. The number of phenols is 1. The molecule has 1 fully saturated rings. The lowest BCUT2D eigenvalue weighted by Crippen LogP contribution is -2.48. The number of hydrogen-bond donors (Lipinski definition) is 2. The van der Waals surface area contributed by atoms with Crippen LogP contribution in [0.25, 0.3) is 0 Å². The second kappa shape index (κ2) is 9.38. The van der Waals surface area contributed by atoms with Gasteiger partial charge in [0.15, 0.2) is 11.6 Å². The van der Waals surface area contributed by atoms with Gasteiger partial charge < -0.3 is 20.1 Å². The number of nitrogens with one attached hydrogen (secondary N) is 1. The number of methoxy groups -OCH3 is 1. The minimum Gasteiger partial charge on any atom is -0.505 e. The van der Waals surface area contributed by atoms with Crippen LogP contribution < -0.4 is 19.9 Å². The average Bonchev–Trinajstić information content (AvgIpc) is 2.81. The Hall–Kier alpha value is -3.14. The lowest BCUT2D eigenvalue weighted by Gasteiger charge is -2.36. The molecule has 2 heterocycles. The standard InChI is InChI=1S/C23H31FN6O3/c1-5-29-21-14(12-25-22(27-21)26-15-6-8-16(9-7-15)28(2)3)13-30(23(29)32)18-10-17(33-4)11-19(31)20(18)24/h10-12,15-16,31H,5-9,13H2,1-4H3,(H,25,26,27). The fourth-order valence-corrected chi connectivity index (χ4v) is 4.56. The molecule has 0 radical (unpaired) electrons. The average molecular weight is 459 g/mol. The van der Waals surface area contributed by atoms with Crippen LogP contribution in [0.2, 0.25) is 0 Å². The third kappa shape index (κ3) is 4.52. The molecule has 0 bridgehead atoms. The Morgan fingerprint density at radius 1 is 1.27 bits per heavy atom. The molecule has 2 amide bonds. The highest BCUT2D eigenvalue weighted by Gasteiger charge is 2.34. The molecule has 1 aromatic carbocycles. The molecule has 33 heavy (non-hydrogen) atoms. The number of benzene rings is 1. The molecule has 9 nitrogen and oxygen atoms in total. The van der Waals surface area contributed by atoms with Crippen molar-refractivity contribution in [2.45, 2.75) is 51.2 Å². The van der Waals surface area contributed by atoms with Gasteiger partial charge in [-0.2, -0.15) is 4.98 Å². The number of nitrogens with zero attached hydrogens (tertiary/aromatic N) is 5. The zero-order valence-corrected chi connectivity index (χ0v) is 19.5. The van der Waals surface area contributed by atoms with Gasteiger partial charge in [-0.05, 0) is 46.7 Å². The normalized spacial score (nSPS) is 20.7. The van der Waals surface area contributed by atoms with Gasteiger partial charge in [0.1, 0.15) is 11.6 Å². The van der Waals surface area contributed by atoms with Crippen molar-refractivity contribution in [1.82, 2.24) is 14.9 Å². The van der Waals surface area contributed by atoms with E-state index in [1.54, 1.807) is 6.20 Å². The van der Waals surface area contributed by atoms with Crippen LogP contribution >= 0.6 is 0 Å². The fourth-order valence-electron chi connectivity index (χ4n) is 4.56. The lowest BCUT2D eigenvalue weighted by molar-refractivity contribution is 0.221. The molecule has 2 aliphatic rings. The first-order valence-electron chi connectivity index (χ1n) is 11.3. The van der Waals surface area contributed by atoms with Gasteiger partial charge in [-0.1, -0.05) is 0 Å². The molecule has 1 saturated carbocycles. The van der Waals surface area contributed by atoms with Crippen molar-refractivity contribution in [3.63, 3.8) is 0 Å². The number of halogens is 1. The van der Waals surface area contributed by atoms with E-state index in [1.165, 1.54) is 29.0 Å². The fraction of sp³-hybridized carbons (Fsp3) is 0.522. The Morgan fingerprint density at radius 2 is 2.00 bits per heavy atom. The molecule has 0 unspecified atom stereocenters. The van der Waals surface area contributed by atoms with Gasteiger partial charge in [0.05, 0.1) is 19.3 Å². The number of carbonyl (C=O) groups excluding carboxylic acids is 1. The largest absolute Gasteiger partial charge is 0.505 e. The van der Waals surface area contributed by atoms with Gasteiger partial charge >= 0.3 is 6.03 Å². The maximum Gasteiger partial charge on any atom is 0.330 e. The van der Waals surface area contributed by atoms with E-state index in [0.29, 0.717) is 36.0 Å². The first-order valence-corrected chi connectivity index (χ1v) is 11.3. The van der Waals surface area contributed by atoms with E-state index in [2.05, 4.69) is 34.3 Å². The lowest BCUT2D eigenvalue weighted by atomic mass is 9.91. The van der Waals surface area contributed by atoms with Crippen LogP contribution in [0.3, 0.4) is 0 Å². The van der Waals surface area contributed by atoms with Crippen LogP contribution in [-0.2, 0) is 6.54 Å². The SMILES string of the molecule is CCN1C(=O)N(c2cc(OC)cc(O)c2F)Cc2cnc(NC3CCC(N(C)C)CC3)nc21. The van der Waals surface area contributed by atoms with Gasteiger partial charge in [-0.25, -0.2) is 14.2 Å². The number of carbonyl (C=O) groups is 1. The molecule has 10 heteroatoms. The summed E-state index contributed by atoms with van der Waals surface area (Å²) < 4.78 is 19.9. The topological polar surface area (TPSA) is 94.1 Å².